The SMILES string of the molecule is COc1cn(-c2cccc(-c3ccccc3OCCOCC(=O)Nc3n[nH]c(-c4ccccn4)n3)c2)nc1C(=O)Nc1n[nH]c(-c2ccccn2)n1. The van der Waals surface area contributed by atoms with Crippen LogP contribution >= 0.6 is 0 Å². The number of nitrogens with zero attached hydrogens (tertiary/aromatic N) is 8. The number of hydrogen-bond acceptors (Lipinski definition) is 12. The molecule has 17 heteroatoms. The van der Waals surface area contributed by atoms with E-state index in [1.807, 2.05) is 60.7 Å². The molecule has 17 nitrogen and oxygen atoms in total. The number of nitrogens with one attached hydrogen (secondary N) is 4. The first-order valence-corrected chi connectivity index (χ1v) is 15.9. The molecule has 5 heterocycles. The number of pyridine rings is 2. The van der Waals surface area contributed by atoms with Crippen molar-refractivity contribution in [2.24, 2.45) is 0 Å². The third-order valence-corrected chi connectivity index (χ3v) is 7.41. The summed E-state index contributed by atoms with van der Waals surface area (Å²) in [5.74, 6) is 0.946. The third kappa shape index (κ3) is 7.79. The van der Waals surface area contributed by atoms with Gasteiger partial charge in [-0.25, -0.2) is 4.68 Å². The molecule has 2 aromatic carbocycles. The Labute approximate surface area is 295 Å². The fourth-order valence-corrected chi connectivity index (χ4v) is 5.01. The Morgan fingerprint density at radius 1 is 0.769 bits per heavy atom. The quantitative estimate of drug-likeness (QED) is 0.118. The van der Waals surface area contributed by atoms with Crippen molar-refractivity contribution in [3.8, 4) is 51.3 Å². The second kappa shape index (κ2) is 15.5. The number of aromatic nitrogens is 10. The Morgan fingerprint density at radius 3 is 2.15 bits per heavy atom. The van der Waals surface area contributed by atoms with E-state index in [9.17, 15) is 9.59 Å². The number of ether oxygens (including phenoxy) is 3. The summed E-state index contributed by atoms with van der Waals surface area (Å²) in [4.78, 5) is 42.5. The van der Waals surface area contributed by atoms with Crippen molar-refractivity contribution in [2.75, 3.05) is 37.6 Å². The summed E-state index contributed by atoms with van der Waals surface area (Å²) in [5, 5.41) is 23.3. The summed E-state index contributed by atoms with van der Waals surface area (Å²) in [6, 6.07) is 25.9. The summed E-state index contributed by atoms with van der Waals surface area (Å²) >= 11 is 0. The Balaban J connectivity index is 0.955. The predicted octanol–water partition coefficient (Wildman–Crippen LogP) is 4.19. The molecule has 0 atom stereocenters. The van der Waals surface area contributed by atoms with Gasteiger partial charge in [-0.3, -0.25) is 40.4 Å². The monoisotopic (exact) mass is 698 g/mol. The number of rotatable bonds is 14. The van der Waals surface area contributed by atoms with Gasteiger partial charge in [0.1, 0.15) is 30.4 Å². The zero-order valence-corrected chi connectivity index (χ0v) is 27.6. The molecule has 2 amide bonds. The highest BCUT2D eigenvalue weighted by atomic mass is 16.5. The fraction of sp³-hybridized carbons (Fsp3) is 0.114. The molecule has 0 spiro atoms. The van der Waals surface area contributed by atoms with Gasteiger partial charge in [0.2, 0.25) is 11.9 Å². The van der Waals surface area contributed by atoms with Crippen LogP contribution in [0.4, 0.5) is 11.9 Å². The van der Waals surface area contributed by atoms with Crippen LogP contribution in [0.25, 0.3) is 39.9 Å². The van der Waals surface area contributed by atoms with E-state index in [4.69, 9.17) is 14.2 Å². The molecule has 0 aliphatic heterocycles. The van der Waals surface area contributed by atoms with E-state index in [0.717, 1.165) is 11.1 Å². The van der Waals surface area contributed by atoms with Gasteiger partial charge in [-0.2, -0.15) is 15.1 Å². The first-order chi connectivity index (χ1) is 25.5. The zero-order chi connectivity index (χ0) is 35.7. The van der Waals surface area contributed by atoms with Gasteiger partial charge in [0.25, 0.3) is 11.8 Å². The van der Waals surface area contributed by atoms with Gasteiger partial charge in [-0.05, 0) is 48.0 Å². The maximum atomic E-state index is 13.2. The van der Waals surface area contributed by atoms with E-state index < -0.39 is 11.8 Å². The summed E-state index contributed by atoms with van der Waals surface area (Å²) < 4.78 is 18.6. The molecular formula is C35H30N12O5. The lowest BCUT2D eigenvalue weighted by Crippen LogP contribution is -2.21. The van der Waals surface area contributed by atoms with Gasteiger partial charge in [-0.1, -0.05) is 42.5 Å². The van der Waals surface area contributed by atoms with Crippen LogP contribution in [0.5, 0.6) is 11.5 Å². The lowest BCUT2D eigenvalue weighted by atomic mass is 10.0. The van der Waals surface area contributed by atoms with Gasteiger partial charge in [0.05, 0.1) is 25.6 Å². The molecule has 7 rings (SSSR count). The van der Waals surface area contributed by atoms with E-state index in [1.54, 1.807) is 47.5 Å². The van der Waals surface area contributed by atoms with E-state index in [2.05, 4.69) is 56.1 Å². The number of hydrogen-bond donors (Lipinski definition) is 4. The van der Waals surface area contributed by atoms with Gasteiger partial charge in [0.15, 0.2) is 23.1 Å². The normalized spacial score (nSPS) is 10.9. The van der Waals surface area contributed by atoms with Crippen molar-refractivity contribution in [3.05, 3.63) is 109 Å². The first kappa shape index (κ1) is 33.2. The number of carbonyl (C=O) groups is 2. The molecule has 0 unspecified atom stereocenters. The van der Waals surface area contributed by atoms with Gasteiger partial charge < -0.3 is 14.2 Å². The van der Waals surface area contributed by atoms with E-state index in [1.165, 1.54) is 7.11 Å². The fourth-order valence-electron chi connectivity index (χ4n) is 5.01. The molecular weight excluding hydrogens is 668 g/mol. The van der Waals surface area contributed by atoms with Crippen molar-refractivity contribution in [3.63, 3.8) is 0 Å². The summed E-state index contributed by atoms with van der Waals surface area (Å²) in [6.07, 6.45) is 4.89. The van der Waals surface area contributed by atoms with Gasteiger partial charge in [-0.15, -0.1) is 10.2 Å². The second-order valence-corrected chi connectivity index (χ2v) is 10.9. The number of amides is 2. The van der Waals surface area contributed by atoms with Gasteiger partial charge >= 0.3 is 0 Å². The molecule has 260 valence electrons. The van der Waals surface area contributed by atoms with Crippen LogP contribution in [0.15, 0.2) is 104 Å². The molecule has 0 fully saturated rings. The second-order valence-electron chi connectivity index (χ2n) is 10.9. The van der Waals surface area contributed by atoms with Crippen molar-refractivity contribution in [1.29, 1.82) is 0 Å². The number of para-hydroxylation sites is 1. The van der Waals surface area contributed by atoms with Crippen LogP contribution in [-0.2, 0) is 9.53 Å². The minimum absolute atomic E-state index is 0.0457. The minimum atomic E-state index is -0.552. The van der Waals surface area contributed by atoms with E-state index in [-0.39, 0.29) is 43.2 Å². The number of carbonyl (C=O) groups excluding carboxylic acids is 2. The molecule has 5 aromatic heterocycles. The standard InChI is InChI=1S/C35H30N12O5/c1-50-28-20-47(46-30(28)33(49)41-35-40-32(43-45-35)26-13-5-7-16-37-26)23-10-8-9-22(19-23)24-11-2-3-14-27(24)52-18-17-51-21-29(48)38-34-39-31(42-44-34)25-12-4-6-15-36-25/h2-16,19-20H,17-18,21H2,1H3,(H2,38,39,42,44,48)(H2,40,41,43,45,49). The Hall–Kier alpha value is -7.27. The molecule has 7 aromatic rings. The predicted molar refractivity (Wildman–Crippen MR) is 188 cm³/mol. The third-order valence-electron chi connectivity index (χ3n) is 7.41. The molecule has 0 saturated heterocycles. The smallest absolute Gasteiger partial charge is 0.282 e. The first-order valence-electron chi connectivity index (χ1n) is 15.9. The molecule has 0 aliphatic rings. The van der Waals surface area contributed by atoms with Crippen LogP contribution in [0, 0.1) is 0 Å². The van der Waals surface area contributed by atoms with Crippen LogP contribution in [0.1, 0.15) is 10.5 Å². The summed E-state index contributed by atoms with van der Waals surface area (Å²) in [5.41, 5.74) is 3.57. The molecule has 0 aliphatic carbocycles. The molecule has 52 heavy (non-hydrogen) atoms. The summed E-state index contributed by atoms with van der Waals surface area (Å²) in [7, 11) is 1.46. The van der Waals surface area contributed by atoms with Crippen LogP contribution < -0.4 is 20.1 Å². The number of H-pyrrole nitrogens is 2. The van der Waals surface area contributed by atoms with Crippen LogP contribution in [0.3, 0.4) is 0 Å². The number of anilines is 2. The molecule has 0 bridgehead atoms. The Kier molecular flexibility index (Phi) is 9.92. The van der Waals surface area contributed by atoms with Gasteiger partial charge in [0, 0.05) is 18.0 Å². The Morgan fingerprint density at radius 2 is 1.46 bits per heavy atom. The Bertz CT molecular complexity index is 2290. The molecule has 0 saturated carbocycles. The minimum Gasteiger partial charge on any atom is -0.493 e. The van der Waals surface area contributed by atoms with Crippen molar-refractivity contribution in [2.45, 2.75) is 0 Å². The van der Waals surface area contributed by atoms with Crippen LogP contribution in [-0.4, -0.2) is 88.9 Å². The van der Waals surface area contributed by atoms with E-state index in [0.29, 0.717) is 34.5 Å². The lowest BCUT2D eigenvalue weighted by molar-refractivity contribution is -0.120. The maximum absolute atomic E-state index is 13.2. The van der Waals surface area contributed by atoms with E-state index >= 15 is 0 Å². The number of methoxy groups -OCH3 is 1. The highest BCUT2D eigenvalue weighted by Crippen LogP contribution is 2.31. The topological polar surface area (TPSA) is 213 Å². The molecule has 4 N–H and O–H groups in total. The summed E-state index contributed by atoms with van der Waals surface area (Å²) in [6.45, 7) is 0.140. The average Bonchev–Trinajstić information content (AvgIpc) is 3.96. The highest BCUT2D eigenvalue weighted by Gasteiger charge is 2.21. The number of benzene rings is 2. The largest absolute Gasteiger partial charge is 0.493 e. The lowest BCUT2D eigenvalue weighted by Gasteiger charge is -2.13. The highest BCUT2D eigenvalue weighted by molar-refractivity contribution is 6.03. The number of aromatic amines is 2. The average molecular weight is 699 g/mol. The maximum Gasteiger partial charge on any atom is 0.282 e. The zero-order valence-electron chi connectivity index (χ0n) is 27.6. The molecule has 0 radical (unpaired) electrons. The van der Waals surface area contributed by atoms with Crippen molar-refractivity contribution in [1.82, 2.24) is 50.1 Å². The van der Waals surface area contributed by atoms with Crippen molar-refractivity contribution < 1.29 is 23.8 Å². The van der Waals surface area contributed by atoms with Crippen LogP contribution in [0.2, 0.25) is 0 Å². The van der Waals surface area contributed by atoms with Crippen molar-refractivity contribution >= 4 is 23.7 Å².